The number of benzene rings is 1. The second-order valence-electron chi connectivity index (χ2n) is 9.27. The number of hydrogen-bond acceptors (Lipinski definition) is 5. The molecule has 0 spiro atoms. The molecule has 9 heteroatoms. The Morgan fingerprint density at radius 2 is 2.03 bits per heavy atom. The monoisotopic (exact) mass is 475 g/mol. The molecule has 2 N–H and O–H groups in total. The van der Waals surface area contributed by atoms with Crippen molar-refractivity contribution in [1.29, 1.82) is 0 Å². The van der Waals surface area contributed by atoms with Gasteiger partial charge >= 0.3 is 0 Å². The fourth-order valence-corrected chi connectivity index (χ4v) is 4.61. The highest BCUT2D eigenvalue weighted by molar-refractivity contribution is 5.95. The van der Waals surface area contributed by atoms with E-state index in [-0.39, 0.29) is 11.4 Å². The molecule has 2 aromatic heterocycles. The highest BCUT2D eigenvalue weighted by atomic mass is 19.1. The molecule has 0 unspecified atom stereocenters. The van der Waals surface area contributed by atoms with Gasteiger partial charge in [0, 0.05) is 42.1 Å². The molecule has 2 aliphatic rings. The molecule has 1 fully saturated rings. The van der Waals surface area contributed by atoms with E-state index in [1.54, 1.807) is 25.3 Å². The molecule has 2 heterocycles. The van der Waals surface area contributed by atoms with Crippen LogP contribution in [0.15, 0.2) is 50.9 Å². The topological polar surface area (TPSA) is 92.4 Å². The molecule has 0 atom stereocenters. The van der Waals surface area contributed by atoms with E-state index in [4.69, 9.17) is 5.10 Å². The van der Waals surface area contributed by atoms with Gasteiger partial charge in [0.15, 0.2) is 5.84 Å². The quantitative estimate of drug-likeness (QED) is 0.394. The van der Waals surface area contributed by atoms with Gasteiger partial charge in [0.2, 0.25) is 0 Å². The number of aryl methyl sites for hydroxylation is 1. The van der Waals surface area contributed by atoms with Crippen molar-refractivity contribution in [2.45, 2.75) is 52.0 Å². The van der Waals surface area contributed by atoms with Gasteiger partial charge in [-0.05, 0) is 82.3 Å². The number of H-pyrrole nitrogens is 1. The summed E-state index contributed by atoms with van der Waals surface area (Å²) < 4.78 is 16.9. The zero-order valence-corrected chi connectivity index (χ0v) is 20.1. The van der Waals surface area contributed by atoms with Crippen LogP contribution < -0.4 is 10.9 Å². The van der Waals surface area contributed by atoms with Crippen molar-refractivity contribution in [3.63, 3.8) is 0 Å². The normalized spacial score (nSPS) is 16.3. The number of hydrogen-bond donors (Lipinski definition) is 2. The van der Waals surface area contributed by atoms with Crippen LogP contribution in [0.4, 0.5) is 10.2 Å². The SMILES string of the molecule is C=N/C(=C\C(=NC)n1[nH]c2c(c1=O)CCCC2)Nc1c(C)c(-c2ccc(F)cc2)nn1CC1CC1. The molecule has 182 valence electrons. The first-order valence-electron chi connectivity index (χ1n) is 12.1. The molecule has 35 heavy (non-hydrogen) atoms. The van der Waals surface area contributed by atoms with Crippen molar-refractivity contribution < 1.29 is 4.39 Å². The third-order valence-corrected chi connectivity index (χ3v) is 6.75. The Balaban J connectivity index is 1.50. The number of nitrogens with one attached hydrogen (secondary N) is 2. The van der Waals surface area contributed by atoms with Crippen molar-refractivity contribution in [2.75, 3.05) is 12.4 Å². The van der Waals surface area contributed by atoms with Crippen LogP contribution >= 0.6 is 0 Å². The Hall–Kier alpha value is -3.75. The molecular weight excluding hydrogens is 445 g/mol. The molecular formula is C26H30FN7O. The summed E-state index contributed by atoms with van der Waals surface area (Å²) in [5, 5.41) is 11.4. The number of nitrogens with zero attached hydrogens (tertiary/aromatic N) is 5. The first-order valence-corrected chi connectivity index (χ1v) is 12.1. The van der Waals surface area contributed by atoms with Gasteiger partial charge in [-0.1, -0.05) is 0 Å². The summed E-state index contributed by atoms with van der Waals surface area (Å²) in [6.45, 7) is 6.49. The van der Waals surface area contributed by atoms with E-state index in [1.165, 1.54) is 29.7 Å². The van der Waals surface area contributed by atoms with Crippen LogP contribution in [0.3, 0.4) is 0 Å². The van der Waals surface area contributed by atoms with Gasteiger partial charge in [-0.3, -0.25) is 14.9 Å². The van der Waals surface area contributed by atoms with Crippen LogP contribution in [0.2, 0.25) is 0 Å². The molecule has 0 amide bonds. The lowest BCUT2D eigenvalue weighted by molar-refractivity contribution is 0.570. The average molecular weight is 476 g/mol. The van der Waals surface area contributed by atoms with Crippen molar-refractivity contribution in [1.82, 2.24) is 19.6 Å². The van der Waals surface area contributed by atoms with E-state index in [2.05, 4.69) is 27.1 Å². The molecule has 0 saturated heterocycles. The number of allylic oxidation sites excluding steroid dienone is 1. The van der Waals surface area contributed by atoms with Crippen molar-refractivity contribution >= 4 is 18.4 Å². The summed E-state index contributed by atoms with van der Waals surface area (Å²) >= 11 is 0. The molecule has 0 aliphatic heterocycles. The van der Waals surface area contributed by atoms with Gasteiger partial charge in [0.05, 0.1) is 5.69 Å². The van der Waals surface area contributed by atoms with E-state index in [9.17, 15) is 9.18 Å². The predicted octanol–water partition coefficient (Wildman–Crippen LogP) is 4.31. The maximum absolute atomic E-state index is 13.5. The summed E-state index contributed by atoms with van der Waals surface area (Å²) in [6.07, 6.45) is 7.82. The molecule has 0 bridgehead atoms. The Bertz CT molecular complexity index is 1370. The van der Waals surface area contributed by atoms with Crippen molar-refractivity contribution in [3.8, 4) is 11.3 Å². The fourth-order valence-electron chi connectivity index (χ4n) is 4.61. The lowest BCUT2D eigenvalue weighted by atomic mass is 9.98. The third kappa shape index (κ3) is 4.62. The van der Waals surface area contributed by atoms with E-state index in [0.29, 0.717) is 17.6 Å². The van der Waals surface area contributed by atoms with Gasteiger partial charge in [0.25, 0.3) is 5.56 Å². The van der Waals surface area contributed by atoms with Crippen LogP contribution in [0.5, 0.6) is 0 Å². The van der Waals surface area contributed by atoms with Crippen molar-refractivity contribution in [2.24, 2.45) is 15.9 Å². The lowest BCUT2D eigenvalue weighted by Gasteiger charge is -2.11. The molecule has 3 aromatic rings. The Kier molecular flexibility index (Phi) is 6.23. The molecule has 8 nitrogen and oxygen atoms in total. The van der Waals surface area contributed by atoms with E-state index in [0.717, 1.165) is 66.1 Å². The Morgan fingerprint density at radius 1 is 1.29 bits per heavy atom. The lowest BCUT2D eigenvalue weighted by Crippen LogP contribution is -2.26. The minimum Gasteiger partial charge on any atom is -0.325 e. The highest BCUT2D eigenvalue weighted by Crippen LogP contribution is 2.35. The summed E-state index contributed by atoms with van der Waals surface area (Å²) in [6, 6.07) is 6.35. The van der Waals surface area contributed by atoms with Gasteiger partial charge in [0.1, 0.15) is 17.5 Å². The van der Waals surface area contributed by atoms with Gasteiger partial charge in [-0.25, -0.2) is 18.7 Å². The number of rotatable bonds is 7. The second-order valence-corrected chi connectivity index (χ2v) is 9.27. The Morgan fingerprint density at radius 3 is 2.69 bits per heavy atom. The number of aromatic nitrogens is 4. The van der Waals surface area contributed by atoms with Gasteiger partial charge in [-0.2, -0.15) is 5.10 Å². The maximum Gasteiger partial charge on any atom is 0.276 e. The minimum atomic E-state index is -0.282. The second kappa shape index (κ2) is 9.48. The van der Waals surface area contributed by atoms with E-state index in [1.807, 2.05) is 11.6 Å². The van der Waals surface area contributed by atoms with Gasteiger partial charge in [-0.15, -0.1) is 0 Å². The highest BCUT2D eigenvalue weighted by Gasteiger charge is 2.26. The largest absolute Gasteiger partial charge is 0.325 e. The zero-order chi connectivity index (χ0) is 24.5. The molecule has 2 aliphatic carbocycles. The van der Waals surface area contributed by atoms with Crippen LogP contribution in [-0.2, 0) is 19.4 Å². The summed E-state index contributed by atoms with van der Waals surface area (Å²) in [7, 11) is 1.65. The number of aromatic amines is 1. The number of halogens is 1. The molecule has 0 radical (unpaired) electrons. The standard InChI is InChI=1S/C26H30FN7O/c1-16-24(18-10-12-19(27)13-11-18)32-33(15-17-8-9-17)25(16)30-22(28-2)14-23(29-3)34-26(35)20-6-4-5-7-21(20)31-34/h10-14,17,30-31H,2,4-9,15H2,1,3H3/b22-14+,29-23?. The van der Waals surface area contributed by atoms with Crippen LogP contribution in [-0.4, -0.2) is 39.2 Å². The smallest absolute Gasteiger partial charge is 0.276 e. The average Bonchev–Trinajstić information content (AvgIpc) is 3.56. The number of aliphatic imine (C=N–C) groups is 2. The zero-order valence-electron chi connectivity index (χ0n) is 20.1. The first-order chi connectivity index (χ1) is 17.0. The van der Waals surface area contributed by atoms with Crippen LogP contribution in [0, 0.1) is 18.7 Å². The van der Waals surface area contributed by atoms with E-state index < -0.39 is 0 Å². The fraction of sp³-hybridized carbons (Fsp3) is 0.385. The number of fused-ring (bicyclic) bond motifs is 1. The summed E-state index contributed by atoms with van der Waals surface area (Å²) in [4.78, 5) is 21.5. The van der Waals surface area contributed by atoms with E-state index >= 15 is 0 Å². The molecule has 1 saturated carbocycles. The third-order valence-electron chi connectivity index (χ3n) is 6.75. The first kappa shape index (κ1) is 23.0. The van der Waals surface area contributed by atoms with Crippen LogP contribution in [0.1, 0.15) is 42.5 Å². The minimum absolute atomic E-state index is 0.0616. The summed E-state index contributed by atoms with van der Waals surface area (Å²) in [5.74, 6) is 2.01. The van der Waals surface area contributed by atoms with Gasteiger partial charge < -0.3 is 5.32 Å². The summed E-state index contributed by atoms with van der Waals surface area (Å²) in [5.41, 5.74) is 4.32. The van der Waals surface area contributed by atoms with Crippen LogP contribution in [0.25, 0.3) is 11.3 Å². The Labute approximate surface area is 203 Å². The molecule has 5 rings (SSSR count). The van der Waals surface area contributed by atoms with Crippen molar-refractivity contribution in [3.05, 3.63) is 69.2 Å². The number of anilines is 1. The molecule has 1 aromatic carbocycles. The predicted molar refractivity (Wildman–Crippen MR) is 137 cm³/mol. The maximum atomic E-state index is 13.5.